The van der Waals surface area contributed by atoms with Crippen LogP contribution in [0, 0.1) is 5.92 Å². The van der Waals surface area contributed by atoms with E-state index < -0.39 is 0 Å². The largest absolute Gasteiger partial charge is 0.338 e. The van der Waals surface area contributed by atoms with Gasteiger partial charge >= 0.3 is 0 Å². The first-order valence-corrected chi connectivity index (χ1v) is 9.96. The lowest BCUT2D eigenvalue weighted by molar-refractivity contribution is 0.0786. The number of aromatic nitrogens is 1. The van der Waals surface area contributed by atoms with Gasteiger partial charge in [-0.15, -0.1) is 0 Å². The van der Waals surface area contributed by atoms with Gasteiger partial charge in [0.15, 0.2) is 0 Å². The molecule has 0 bridgehead atoms. The number of hydrogen-bond donors (Lipinski definition) is 1. The molecule has 3 aromatic rings. The lowest BCUT2D eigenvalue weighted by atomic mass is 9.89. The molecule has 0 radical (unpaired) electrons. The molecule has 1 fully saturated rings. The predicted octanol–water partition coefficient (Wildman–Crippen LogP) is 3.66. The van der Waals surface area contributed by atoms with E-state index in [2.05, 4.69) is 17.1 Å². The van der Waals surface area contributed by atoms with Crippen LogP contribution in [0.2, 0.25) is 0 Å². The van der Waals surface area contributed by atoms with Gasteiger partial charge in [0.1, 0.15) is 5.82 Å². The van der Waals surface area contributed by atoms with Gasteiger partial charge in [-0.25, -0.2) is 4.98 Å². The van der Waals surface area contributed by atoms with Crippen LogP contribution < -0.4 is 10.6 Å². The highest BCUT2D eigenvalue weighted by atomic mass is 16.2. The number of hydrogen-bond acceptors (Lipinski definition) is 4. The topological polar surface area (TPSA) is 62.5 Å². The van der Waals surface area contributed by atoms with Crippen LogP contribution in [0.1, 0.15) is 21.8 Å². The number of anilines is 2. The van der Waals surface area contributed by atoms with E-state index in [-0.39, 0.29) is 17.7 Å². The molecule has 2 heterocycles. The molecule has 2 atom stereocenters. The highest BCUT2D eigenvalue weighted by Gasteiger charge is 2.35. The second kappa shape index (κ2) is 8.45. The summed E-state index contributed by atoms with van der Waals surface area (Å²) in [5.74, 6) is 1.37. The minimum atomic E-state index is 0.0169. The normalized spacial score (nSPS) is 18.6. The van der Waals surface area contributed by atoms with E-state index in [9.17, 15) is 4.79 Å². The number of likely N-dealkylation sites (tertiary alicyclic amines) is 1. The molecule has 5 heteroatoms. The highest BCUT2D eigenvalue weighted by molar-refractivity contribution is 5.94. The Morgan fingerprint density at radius 3 is 2.34 bits per heavy atom. The summed E-state index contributed by atoms with van der Waals surface area (Å²) < 4.78 is 0. The molecule has 1 aliphatic heterocycles. The second-order valence-electron chi connectivity index (χ2n) is 7.52. The number of nitrogens with zero attached hydrogens (tertiary/aromatic N) is 3. The molecule has 1 aliphatic rings. The Labute approximate surface area is 171 Å². The number of pyridine rings is 1. The molecule has 5 nitrogen and oxygen atoms in total. The second-order valence-corrected chi connectivity index (χ2v) is 7.52. The molecule has 0 saturated carbocycles. The van der Waals surface area contributed by atoms with Crippen molar-refractivity contribution in [2.45, 2.75) is 5.92 Å². The third-order valence-corrected chi connectivity index (χ3v) is 5.74. The minimum absolute atomic E-state index is 0.0169. The summed E-state index contributed by atoms with van der Waals surface area (Å²) in [6.45, 7) is 1.94. The van der Waals surface area contributed by atoms with Crippen LogP contribution >= 0.6 is 0 Å². The molecular weight excluding hydrogens is 360 g/mol. The van der Waals surface area contributed by atoms with Gasteiger partial charge in [0, 0.05) is 37.9 Å². The van der Waals surface area contributed by atoms with Gasteiger partial charge in [0.25, 0.3) is 5.91 Å². The average Bonchev–Trinajstić information content (AvgIpc) is 3.24. The number of rotatable bonds is 5. The lowest BCUT2D eigenvalue weighted by Gasteiger charge is -2.19. The van der Waals surface area contributed by atoms with Crippen molar-refractivity contribution in [2.24, 2.45) is 11.7 Å². The first-order chi connectivity index (χ1) is 14.2. The fourth-order valence-electron chi connectivity index (χ4n) is 4.03. The van der Waals surface area contributed by atoms with Crippen molar-refractivity contribution in [3.63, 3.8) is 0 Å². The fraction of sp³-hybridized carbons (Fsp3) is 0.250. The number of amides is 1. The Morgan fingerprint density at radius 2 is 1.72 bits per heavy atom. The van der Waals surface area contributed by atoms with Crippen LogP contribution in [0.5, 0.6) is 0 Å². The van der Waals surface area contributed by atoms with Crippen LogP contribution in [0.15, 0.2) is 79.0 Å². The molecule has 0 unspecified atom stereocenters. The number of carbonyl (C=O) groups is 1. The zero-order valence-electron chi connectivity index (χ0n) is 16.6. The van der Waals surface area contributed by atoms with E-state index in [1.165, 1.54) is 5.56 Å². The average molecular weight is 386 g/mol. The Kier molecular flexibility index (Phi) is 5.58. The Bertz CT molecular complexity index is 944. The van der Waals surface area contributed by atoms with E-state index in [1.807, 2.05) is 77.5 Å². The SMILES string of the molecule is CN(c1ccccc1)c1ccc(C(=O)N2C[C@@H](CN)[C@H](c3ccccc3)C2)cn1. The van der Waals surface area contributed by atoms with Crippen LogP contribution in [-0.4, -0.2) is 42.5 Å². The van der Waals surface area contributed by atoms with Gasteiger partial charge in [-0.1, -0.05) is 48.5 Å². The van der Waals surface area contributed by atoms with Gasteiger partial charge in [-0.05, 0) is 42.3 Å². The third-order valence-electron chi connectivity index (χ3n) is 5.74. The molecular formula is C24H26N4O. The van der Waals surface area contributed by atoms with E-state index >= 15 is 0 Å². The number of nitrogens with two attached hydrogens (primary N) is 1. The van der Waals surface area contributed by atoms with Crippen molar-refractivity contribution in [1.29, 1.82) is 0 Å². The molecule has 1 saturated heterocycles. The van der Waals surface area contributed by atoms with E-state index in [4.69, 9.17) is 5.73 Å². The number of carbonyl (C=O) groups excluding carboxylic acids is 1. The predicted molar refractivity (Wildman–Crippen MR) is 116 cm³/mol. The maximum atomic E-state index is 13.1. The Balaban J connectivity index is 1.48. The monoisotopic (exact) mass is 386 g/mol. The maximum Gasteiger partial charge on any atom is 0.255 e. The lowest BCUT2D eigenvalue weighted by Crippen LogP contribution is -2.30. The van der Waals surface area contributed by atoms with Gasteiger partial charge in [-0.2, -0.15) is 0 Å². The quantitative estimate of drug-likeness (QED) is 0.727. The van der Waals surface area contributed by atoms with E-state index in [1.54, 1.807) is 6.20 Å². The zero-order valence-corrected chi connectivity index (χ0v) is 16.6. The molecule has 1 aromatic heterocycles. The molecule has 4 rings (SSSR count). The summed E-state index contributed by atoms with van der Waals surface area (Å²) in [5.41, 5.74) is 8.92. The summed E-state index contributed by atoms with van der Waals surface area (Å²) in [4.78, 5) is 21.5. The van der Waals surface area contributed by atoms with Crippen molar-refractivity contribution >= 4 is 17.4 Å². The first kappa shape index (κ1) is 19.2. The van der Waals surface area contributed by atoms with Crippen molar-refractivity contribution in [3.05, 3.63) is 90.1 Å². The van der Waals surface area contributed by atoms with Crippen LogP contribution in [0.3, 0.4) is 0 Å². The van der Waals surface area contributed by atoms with Gasteiger partial charge in [0.2, 0.25) is 0 Å². The van der Waals surface area contributed by atoms with Gasteiger partial charge in [0.05, 0.1) is 5.56 Å². The van der Waals surface area contributed by atoms with Crippen LogP contribution in [0.25, 0.3) is 0 Å². The summed E-state index contributed by atoms with van der Waals surface area (Å²) in [5, 5.41) is 0. The highest BCUT2D eigenvalue weighted by Crippen LogP contribution is 2.33. The van der Waals surface area contributed by atoms with Gasteiger partial charge < -0.3 is 15.5 Å². The van der Waals surface area contributed by atoms with Gasteiger partial charge in [-0.3, -0.25) is 4.79 Å². The van der Waals surface area contributed by atoms with Crippen molar-refractivity contribution in [3.8, 4) is 0 Å². The summed E-state index contributed by atoms with van der Waals surface area (Å²) in [7, 11) is 1.97. The smallest absolute Gasteiger partial charge is 0.255 e. The van der Waals surface area contributed by atoms with Crippen molar-refractivity contribution < 1.29 is 4.79 Å². The molecule has 2 aromatic carbocycles. The minimum Gasteiger partial charge on any atom is -0.338 e. The summed E-state index contributed by atoms with van der Waals surface area (Å²) in [6, 6.07) is 24.1. The van der Waals surface area contributed by atoms with Crippen LogP contribution in [-0.2, 0) is 0 Å². The molecule has 2 N–H and O–H groups in total. The van der Waals surface area contributed by atoms with E-state index in [0.717, 1.165) is 11.5 Å². The van der Waals surface area contributed by atoms with Crippen LogP contribution in [0.4, 0.5) is 11.5 Å². The zero-order chi connectivity index (χ0) is 20.2. The van der Waals surface area contributed by atoms with Crippen molar-refractivity contribution in [2.75, 3.05) is 31.6 Å². The molecule has 1 amide bonds. The molecule has 148 valence electrons. The fourth-order valence-corrected chi connectivity index (χ4v) is 4.03. The maximum absolute atomic E-state index is 13.1. The third kappa shape index (κ3) is 4.00. The van der Waals surface area contributed by atoms with Crippen molar-refractivity contribution in [1.82, 2.24) is 9.88 Å². The molecule has 29 heavy (non-hydrogen) atoms. The number of para-hydroxylation sites is 1. The molecule has 0 aliphatic carbocycles. The summed E-state index contributed by atoms with van der Waals surface area (Å²) in [6.07, 6.45) is 1.67. The standard InChI is InChI=1S/C24H26N4O/c1-27(21-10-6-3-7-11-21)23-13-12-19(15-26-23)24(29)28-16-20(14-25)22(17-28)18-8-4-2-5-9-18/h2-13,15,20,22H,14,16-17,25H2,1H3/t20-,22+/m1/s1. The number of benzene rings is 2. The summed E-state index contributed by atoms with van der Waals surface area (Å²) >= 11 is 0. The Morgan fingerprint density at radius 1 is 1.03 bits per heavy atom. The first-order valence-electron chi connectivity index (χ1n) is 9.96. The van der Waals surface area contributed by atoms with E-state index in [0.29, 0.717) is 25.2 Å². The molecule has 0 spiro atoms. The Hall–Kier alpha value is -3.18.